The first kappa shape index (κ1) is 13.9. The van der Waals surface area contributed by atoms with E-state index < -0.39 is 0 Å². The topological polar surface area (TPSA) is 42.6 Å². The van der Waals surface area contributed by atoms with Crippen molar-refractivity contribution < 1.29 is 4.42 Å². The third-order valence-corrected chi connectivity index (χ3v) is 4.20. The molecule has 2 aromatic carbocycles. The number of rotatable bonds is 1. The Hall–Kier alpha value is -2.68. The minimum absolute atomic E-state index is 0.123. The monoisotopic (exact) mass is 303 g/mol. The predicted octanol–water partition coefficient (Wildman–Crippen LogP) is 3.97. The van der Waals surface area contributed by atoms with Crippen LogP contribution in [0.5, 0.6) is 0 Å². The van der Waals surface area contributed by atoms with Crippen molar-refractivity contribution in [3.8, 4) is 0 Å². The maximum atomic E-state index is 11.3. The van der Waals surface area contributed by atoms with Gasteiger partial charge in [0.25, 0.3) is 0 Å². The van der Waals surface area contributed by atoms with Gasteiger partial charge in [0.1, 0.15) is 5.58 Å². The fraction of sp³-hybridized carbons (Fsp3) is 0.200. The molecule has 3 aromatic rings. The van der Waals surface area contributed by atoms with Crippen molar-refractivity contribution in [2.45, 2.75) is 25.8 Å². The van der Waals surface area contributed by atoms with Crippen LogP contribution in [0.1, 0.15) is 30.5 Å². The summed E-state index contributed by atoms with van der Waals surface area (Å²) in [5.74, 6) is 0. The first-order valence-electron chi connectivity index (χ1n) is 7.74. The number of benzene rings is 2. The van der Waals surface area contributed by atoms with Crippen LogP contribution in [0.2, 0.25) is 0 Å². The molecule has 0 fully saturated rings. The summed E-state index contributed by atoms with van der Waals surface area (Å²) >= 11 is 0. The van der Waals surface area contributed by atoms with E-state index in [2.05, 4.69) is 32.0 Å². The predicted molar refractivity (Wildman–Crippen MR) is 92.3 cm³/mol. The van der Waals surface area contributed by atoms with Gasteiger partial charge in [-0.05, 0) is 50.1 Å². The summed E-state index contributed by atoms with van der Waals surface area (Å²) < 4.78 is 5.22. The number of hydrogen-bond donors (Lipinski definition) is 0. The fourth-order valence-corrected chi connectivity index (χ4v) is 3.21. The zero-order valence-electron chi connectivity index (χ0n) is 13.2. The van der Waals surface area contributed by atoms with E-state index in [1.807, 2.05) is 24.3 Å². The zero-order valence-corrected chi connectivity index (χ0v) is 13.2. The highest BCUT2D eigenvalue weighted by molar-refractivity contribution is 6.15. The highest BCUT2D eigenvalue weighted by Gasteiger charge is 2.27. The van der Waals surface area contributed by atoms with E-state index in [1.165, 1.54) is 17.2 Å². The van der Waals surface area contributed by atoms with Gasteiger partial charge in [0.05, 0.1) is 11.3 Å². The van der Waals surface area contributed by atoms with Gasteiger partial charge in [0, 0.05) is 22.6 Å². The molecule has 1 aliphatic rings. The molecule has 0 N–H and O–H groups in total. The quantitative estimate of drug-likeness (QED) is 0.638. The molecular weight excluding hydrogens is 286 g/mol. The number of aliphatic imine (C=N–C) groups is 1. The lowest BCUT2D eigenvalue weighted by Gasteiger charge is -2.29. The minimum atomic E-state index is -0.327. The Labute approximate surface area is 134 Å². The van der Waals surface area contributed by atoms with Gasteiger partial charge in [-0.3, -0.25) is 4.99 Å². The molecule has 23 heavy (non-hydrogen) atoms. The van der Waals surface area contributed by atoms with Crippen LogP contribution in [0.25, 0.3) is 11.0 Å². The Morgan fingerprint density at radius 2 is 1.87 bits per heavy atom. The summed E-state index contributed by atoms with van der Waals surface area (Å²) in [4.78, 5) is 16.3. The van der Waals surface area contributed by atoms with E-state index in [9.17, 15) is 4.79 Å². The molecule has 1 aliphatic heterocycles. The Bertz CT molecular complexity index is 996. The van der Waals surface area contributed by atoms with Crippen molar-refractivity contribution in [2.75, 3.05) is 0 Å². The van der Waals surface area contributed by atoms with Gasteiger partial charge in [0.15, 0.2) is 0 Å². The second-order valence-electron chi connectivity index (χ2n) is 6.61. The van der Waals surface area contributed by atoms with Crippen LogP contribution in [-0.4, -0.2) is 11.3 Å². The van der Waals surface area contributed by atoms with Crippen LogP contribution in [0.4, 0.5) is 0 Å². The van der Waals surface area contributed by atoms with Crippen LogP contribution in [0, 0.1) is 0 Å². The second-order valence-corrected chi connectivity index (χ2v) is 6.61. The van der Waals surface area contributed by atoms with Gasteiger partial charge in [-0.25, -0.2) is 4.79 Å². The number of nitrogens with zero attached hydrogens (tertiary/aromatic N) is 1. The third-order valence-electron chi connectivity index (χ3n) is 4.20. The molecule has 114 valence electrons. The van der Waals surface area contributed by atoms with E-state index in [0.29, 0.717) is 5.58 Å². The second kappa shape index (κ2) is 4.92. The van der Waals surface area contributed by atoms with Crippen molar-refractivity contribution in [1.29, 1.82) is 0 Å². The number of fused-ring (bicyclic) bond motifs is 2. The van der Waals surface area contributed by atoms with Crippen molar-refractivity contribution in [3.63, 3.8) is 0 Å². The molecule has 2 heterocycles. The van der Waals surface area contributed by atoms with Crippen molar-refractivity contribution in [2.24, 2.45) is 4.99 Å². The zero-order chi connectivity index (χ0) is 16.0. The number of hydrogen-bond acceptors (Lipinski definition) is 3. The molecule has 0 aliphatic carbocycles. The summed E-state index contributed by atoms with van der Waals surface area (Å²) in [6, 6.07) is 17.5. The lowest BCUT2D eigenvalue weighted by atomic mass is 9.85. The molecule has 0 radical (unpaired) electrons. The molecule has 4 rings (SSSR count). The average molecular weight is 303 g/mol. The smallest absolute Gasteiger partial charge is 0.336 e. The molecular formula is C20H17NO2. The normalized spacial score (nSPS) is 16.0. The highest BCUT2D eigenvalue weighted by atomic mass is 16.4. The van der Waals surface area contributed by atoms with Gasteiger partial charge in [-0.2, -0.15) is 0 Å². The van der Waals surface area contributed by atoms with Crippen molar-refractivity contribution in [1.82, 2.24) is 0 Å². The molecule has 0 saturated carbocycles. The molecule has 1 aromatic heterocycles. The average Bonchev–Trinajstić information content (AvgIpc) is 2.52. The molecule has 3 heteroatoms. The molecule has 0 atom stereocenters. The lowest BCUT2D eigenvalue weighted by Crippen LogP contribution is -2.29. The Kier molecular flexibility index (Phi) is 2.98. The standard InChI is InChI=1S/C20H17NO2/c1-20(2)12-15-5-3-4-6-16(15)19(21-20)14-7-9-17-13(11-14)8-10-18(22)23-17/h3-11H,12H2,1-2H3. The highest BCUT2D eigenvalue weighted by Crippen LogP contribution is 2.30. The van der Waals surface area contributed by atoms with Crippen LogP contribution >= 0.6 is 0 Å². The molecule has 0 bridgehead atoms. The minimum Gasteiger partial charge on any atom is -0.423 e. The third kappa shape index (κ3) is 2.48. The van der Waals surface area contributed by atoms with E-state index >= 15 is 0 Å². The molecule has 0 amide bonds. The maximum Gasteiger partial charge on any atom is 0.336 e. The fourth-order valence-electron chi connectivity index (χ4n) is 3.21. The molecule has 3 nitrogen and oxygen atoms in total. The van der Waals surface area contributed by atoms with Crippen molar-refractivity contribution >= 4 is 16.7 Å². The van der Waals surface area contributed by atoms with Crippen molar-refractivity contribution in [3.05, 3.63) is 81.7 Å². The van der Waals surface area contributed by atoms with Crippen LogP contribution < -0.4 is 5.63 Å². The Balaban J connectivity index is 1.93. The Morgan fingerprint density at radius 3 is 2.74 bits per heavy atom. The first-order chi connectivity index (χ1) is 11.0. The van der Waals surface area contributed by atoms with E-state index in [-0.39, 0.29) is 11.2 Å². The van der Waals surface area contributed by atoms with Crippen LogP contribution in [-0.2, 0) is 6.42 Å². The van der Waals surface area contributed by atoms with E-state index in [1.54, 1.807) is 6.07 Å². The van der Waals surface area contributed by atoms with Gasteiger partial charge < -0.3 is 4.42 Å². The molecule has 0 unspecified atom stereocenters. The van der Waals surface area contributed by atoms with Gasteiger partial charge in [0.2, 0.25) is 0 Å². The summed E-state index contributed by atoms with van der Waals surface area (Å²) in [5, 5.41) is 0.908. The molecule has 0 spiro atoms. The maximum absolute atomic E-state index is 11.3. The summed E-state index contributed by atoms with van der Waals surface area (Å²) in [6.07, 6.45) is 0.940. The van der Waals surface area contributed by atoms with Gasteiger partial charge in [-0.1, -0.05) is 24.3 Å². The van der Waals surface area contributed by atoms with E-state index in [0.717, 1.165) is 23.1 Å². The lowest BCUT2D eigenvalue weighted by molar-refractivity contribution is 0.513. The summed E-state index contributed by atoms with van der Waals surface area (Å²) in [7, 11) is 0. The summed E-state index contributed by atoms with van der Waals surface area (Å²) in [5.41, 5.74) is 4.71. The molecule has 0 saturated heterocycles. The largest absolute Gasteiger partial charge is 0.423 e. The van der Waals surface area contributed by atoms with Gasteiger partial charge in [-0.15, -0.1) is 0 Å². The SMILES string of the molecule is CC1(C)Cc2ccccc2C(c2ccc3oc(=O)ccc3c2)=N1. The summed E-state index contributed by atoms with van der Waals surface area (Å²) in [6.45, 7) is 4.31. The van der Waals surface area contributed by atoms with Gasteiger partial charge >= 0.3 is 5.63 Å². The first-order valence-corrected chi connectivity index (χ1v) is 7.74. The Morgan fingerprint density at radius 1 is 1.04 bits per heavy atom. The van der Waals surface area contributed by atoms with E-state index in [4.69, 9.17) is 9.41 Å². The van der Waals surface area contributed by atoms with Crippen LogP contribution in [0.3, 0.4) is 0 Å². The van der Waals surface area contributed by atoms with Crippen LogP contribution in [0.15, 0.2) is 68.8 Å².